The maximum Gasteiger partial charge on any atom is 0.169 e. The zero-order valence-corrected chi connectivity index (χ0v) is 11.6. The number of ketones is 1. The lowest BCUT2D eigenvalue weighted by Gasteiger charge is -2.29. The van der Waals surface area contributed by atoms with Gasteiger partial charge in [0.1, 0.15) is 11.6 Å². The number of benzene rings is 1. The van der Waals surface area contributed by atoms with Crippen LogP contribution in [0.15, 0.2) is 12.1 Å². The Morgan fingerprint density at radius 1 is 1.26 bits per heavy atom. The molecule has 0 heterocycles. The summed E-state index contributed by atoms with van der Waals surface area (Å²) in [7, 11) is 0. The molecule has 1 aliphatic rings. The summed E-state index contributed by atoms with van der Waals surface area (Å²) in [6.07, 6.45) is 4.74. The third-order valence-corrected chi connectivity index (χ3v) is 4.34. The second-order valence-corrected chi connectivity index (χ2v) is 5.58. The van der Waals surface area contributed by atoms with Gasteiger partial charge in [0.2, 0.25) is 0 Å². The summed E-state index contributed by atoms with van der Waals surface area (Å²) in [4.78, 5) is 12.4. The molecule has 0 aliphatic heterocycles. The van der Waals surface area contributed by atoms with Crippen LogP contribution >= 0.6 is 11.6 Å². The van der Waals surface area contributed by atoms with E-state index in [0.717, 1.165) is 44.2 Å². The molecule has 2 unspecified atom stereocenters. The molecule has 0 spiro atoms. The first-order valence-electron chi connectivity index (χ1n) is 6.73. The van der Waals surface area contributed by atoms with E-state index in [2.05, 4.69) is 0 Å². The molecular formula is C15H17ClF2O. The van der Waals surface area contributed by atoms with Gasteiger partial charge in [-0.25, -0.2) is 8.78 Å². The number of hydrogen-bond acceptors (Lipinski definition) is 1. The van der Waals surface area contributed by atoms with Crippen LogP contribution in [0.1, 0.15) is 49.4 Å². The van der Waals surface area contributed by atoms with Crippen molar-refractivity contribution in [2.75, 3.05) is 0 Å². The Labute approximate surface area is 117 Å². The van der Waals surface area contributed by atoms with Crippen molar-refractivity contribution in [2.24, 2.45) is 11.8 Å². The fourth-order valence-corrected chi connectivity index (χ4v) is 3.10. The summed E-state index contributed by atoms with van der Waals surface area (Å²) < 4.78 is 27.2. The Morgan fingerprint density at radius 3 is 2.63 bits per heavy atom. The van der Waals surface area contributed by atoms with Crippen LogP contribution in [0.4, 0.5) is 8.78 Å². The number of rotatable bonds is 3. The largest absolute Gasteiger partial charge is 0.294 e. The third-order valence-electron chi connectivity index (χ3n) is 4.05. The van der Waals surface area contributed by atoms with Gasteiger partial charge in [0, 0.05) is 5.92 Å². The van der Waals surface area contributed by atoms with Gasteiger partial charge in [-0.3, -0.25) is 4.79 Å². The highest BCUT2D eigenvalue weighted by atomic mass is 35.5. The predicted octanol–water partition coefficient (Wildman–Crippen LogP) is 5.02. The number of carbonyl (C=O) groups excluding carboxylic acids is 1. The quantitative estimate of drug-likeness (QED) is 0.563. The summed E-state index contributed by atoms with van der Waals surface area (Å²) in [6, 6.07) is 1.81. The molecule has 1 saturated carbocycles. The first-order valence-corrected chi connectivity index (χ1v) is 7.11. The molecule has 1 aromatic rings. The third kappa shape index (κ3) is 2.97. The van der Waals surface area contributed by atoms with Crippen LogP contribution in [0.2, 0.25) is 5.02 Å². The monoisotopic (exact) mass is 286 g/mol. The van der Waals surface area contributed by atoms with Crippen LogP contribution in [-0.4, -0.2) is 5.78 Å². The van der Waals surface area contributed by atoms with Crippen molar-refractivity contribution in [3.63, 3.8) is 0 Å². The molecule has 0 aromatic heterocycles. The zero-order chi connectivity index (χ0) is 14.0. The molecule has 104 valence electrons. The summed E-state index contributed by atoms with van der Waals surface area (Å²) >= 11 is 5.51. The molecule has 1 fully saturated rings. The normalized spacial score (nSPS) is 23.4. The summed E-state index contributed by atoms with van der Waals surface area (Å²) in [5.74, 6) is -1.65. The van der Waals surface area contributed by atoms with E-state index in [1.807, 2.05) is 6.92 Å². The van der Waals surface area contributed by atoms with Crippen LogP contribution in [0.3, 0.4) is 0 Å². The van der Waals surface area contributed by atoms with Crippen LogP contribution in [0.5, 0.6) is 0 Å². The standard InChI is InChI=1S/C15H17ClF2O/c1-2-9-5-3-4-6-10(9)15(19)11-7-14(18)12(16)8-13(11)17/h7-10H,2-6H2,1H3. The SMILES string of the molecule is CCC1CCCCC1C(=O)c1cc(F)c(Cl)cc1F. The Bertz CT molecular complexity index is 487. The van der Waals surface area contributed by atoms with Crippen LogP contribution in [-0.2, 0) is 0 Å². The lowest BCUT2D eigenvalue weighted by molar-refractivity contribution is 0.0815. The van der Waals surface area contributed by atoms with Gasteiger partial charge in [-0.2, -0.15) is 0 Å². The fraction of sp³-hybridized carbons (Fsp3) is 0.533. The lowest BCUT2D eigenvalue weighted by Crippen LogP contribution is -2.27. The van der Waals surface area contributed by atoms with Crippen molar-refractivity contribution in [3.8, 4) is 0 Å². The van der Waals surface area contributed by atoms with E-state index in [4.69, 9.17) is 11.6 Å². The van der Waals surface area contributed by atoms with E-state index in [9.17, 15) is 13.6 Å². The van der Waals surface area contributed by atoms with E-state index in [1.54, 1.807) is 0 Å². The molecule has 1 nitrogen and oxygen atoms in total. The molecule has 0 amide bonds. The van der Waals surface area contributed by atoms with Gasteiger partial charge in [-0.05, 0) is 30.9 Å². The van der Waals surface area contributed by atoms with E-state index in [-0.39, 0.29) is 28.2 Å². The van der Waals surface area contributed by atoms with Gasteiger partial charge < -0.3 is 0 Å². The van der Waals surface area contributed by atoms with Crippen molar-refractivity contribution < 1.29 is 13.6 Å². The minimum absolute atomic E-state index is 0.160. The van der Waals surface area contributed by atoms with E-state index >= 15 is 0 Å². The molecule has 4 heteroatoms. The maximum atomic E-state index is 13.8. The molecule has 1 aromatic carbocycles. The molecular weight excluding hydrogens is 270 g/mol. The van der Waals surface area contributed by atoms with Gasteiger partial charge in [0.05, 0.1) is 10.6 Å². The van der Waals surface area contributed by atoms with Gasteiger partial charge >= 0.3 is 0 Å². The molecule has 0 N–H and O–H groups in total. The smallest absolute Gasteiger partial charge is 0.169 e. The predicted molar refractivity (Wildman–Crippen MR) is 71.4 cm³/mol. The van der Waals surface area contributed by atoms with Gasteiger partial charge in [-0.1, -0.05) is 37.8 Å². The molecule has 0 radical (unpaired) electrons. The Balaban J connectivity index is 2.30. The highest BCUT2D eigenvalue weighted by Gasteiger charge is 2.32. The van der Waals surface area contributed by atoms with Crippen molar-refractivity contribution in [2.45, 2.75) is 39.0 Å². The van der Waals surface area contributed by atoms with Crippen LogP contribution in [0, 0.1) is 23.5 Å². The Kier molecular flexibility index (Phi) is 4.56. The van der Waals surface area contributed by atoms with E-state index in [1.165, 1.54) is 0 Å². The number of hydrogen-bond donors (Lipinski definition) is 0. The van der Waals surface area contributed by atoms with Gasteiger partial charge in [-0.15, -0.1) is 0 Å². The van der Waals surface area contributed by atoms with Gasteiger partial charge in [0.15, 0.2) is 5.78 Å². The maximum absolute atomic E-state index is 13.8. The van der Waals surface area contributed by atoms with E-state index < -0.39 is 11.6 Å². The summed E-state index contributed by atoms with van der Waals surface area (Å²) in [6.45, 7) is 2.04. The minimum atomic E-state index is -0.740. The molecule has 0 bridgehead atoms. The summed E-state index contributed by atoms with van der Waals surface area (Å²) in [5, 5.41) is -0.287. The highest BCUT2D eigenvalue weighted by Crippen LogP contribution is 2.35. The first kappa shape index (κ1) is 14.4. The minimum Gasteiger partial charge on any atom is -0.294 e. The topological polar surface area (TPSA) is 17.1 Å². The Hall–Kier alpha value is -0.960. The number of halogens is 3. The van der Waals surface area contributed by atoms with Crippen molar-refractivity contribution in [1.29, 1.82) is 0 Å². The highest BCUT2D eigenvalue weighted by molar-refractivity contribution is 6.30. The molecule has 2 atom stereocenters. The van der Waals surface area contributed by atoms with Crippen molar-refractivity contribution >= 4 is 17.4 Å². The lowest BCUT2D eigenvalue weighted by atomic mass is 9.74. The summed E-state index contributed by atoms with van der Waals surface area (Å²) in [5.41, 5.74) is -0.160. The first-order chi connectivity index (χ1) is 9.04. The number of Topliss-reactive ketones (excluding diaryl/α,β-unsaturated/α-hetero) is 1. The second kappa shape index (κ2) is 6.00. The molecule has 2 rings (SSSR count). The Morgan fingerprint density at radius 2 is 1.95 bits per heavy atom. The van der Waals surface area contributed by atoms with Crippen LogP contribution in [0.25, 0.3) is 0 Å². The fourth-order valence-electron chi connectivity index (χ4n) is 2.95. The zero-order valence-electron chi connectivity index (χ0n) is 10.9. The van der Waals surface area contributed by atoms with Crippen molar-refractivity contribution in [3.05, 3.63) is 34.4 Å². The van der Waals surface area contributed by atoms with E-state index in [0.29, 0.717) is 0 Å². The average molecular weight is 287 g/mol. The van der Waals surface area contributed by atoms with Crippen LogP contribution < -0.4 is 0 Å². The average Bonchev–Trinajstić information content (AvgIpc) is 2.42. The van der Waals surface area contributed by atoms with Gasteiger partial charge in [0.25, 0.3) is 0 Å². The molecule has 0 saturated heterocycles. The molecule has 1 aliphatic carbocycles. The van der Waals surface area contributed by atoms with Crippen molar-refractivity contribution in [1.82, 2.24) is 0 Å². The molecule has 19 heavy (non-hydrogen) atoms. The second-order valence-electron chi connectivity index (χ2n) is 5.17. The number of carbonyl (C=O) groups is 1.